The largest absolute Gasteiger partial charge is 0.383 e. The number of pyridine rings is 1. The first-order chi connectivity index (χ1) is 9.20. The molecule has 2 rings (SSSR count). The van der Waals surface area contributed by atoms with E-state index in [4.69, 9.17) is 16.3 Å². The van der Waals surface area contributed by atoms with Crippen LogP contribution in [0.15, 0.2) is 30.9 Å². The summed E-state index contributed by atoms with van der Waals surface area (Å²) in [6.07, 6.45) is 6.24. The smallest absolute Gasteiger partial charge is 0.258 e. The molecule has 100 valence electrons. The number of carbonyl (C=O) groups excluding carboxylic acids is 1. The Hall–Kier alpha value is -1.92. The average Bonchev–Trinajstić information content (AvgIpc) is 2.84. The highest BCUT2D eigenvalue weighted by Crippen LogP contribution is 2.15. The molecule has 0 fully saturated rings. The first-order valence-electron chi connectivity index (χ1n) is 5.63. The topological polar surface area (TPSA) is 69.0 Å². The summed E-state index contributed by atoms with van der Waals surface area (Å²) in [6, 6.07) is 1.57. The maximum Gasteiger partial charge on any atom is 0.258 e. The molecule has 0 aliphatic rings. The second kappa shape index (κ2) is 6.31. The van der Waals surface area contributed by atoms with Crippen LogP contribution in [-0.4, -0.2) is 34.4 Å². The van der Waals surface area contributed by atoms with Crippen LogP contribution < -0.4 is 5.32 Å². The van der Waals surface area contributed by atoms with E-state index in [1.807, 2.05) is 0 Å². The summed E-state index contributed by atoms with van der Waals surface area (Å²) in [6.45, 7) is 1.18. The summed E-state index contributed by atoms with van der Waals surface area (Å²) in [5, 5.41) is 7.16. The minimum absolute atomic E-state index is 0.315. The van der Waals surface area contributed by atoms with Crippen LogP contribution in [0.4, 0.5) is 5.69 Å². The van der Waals surface area contributed by atoms with Crippen molar-refractivity contribution in [1.82, 2.24) is 14.8 Å². The molecule has 0 unspecified atom stereocenters. The summed E-state index contributed by atoms with van der Waals surface area (Å²) < 4.78 is 6.63. The van der Waals surface area contributed by atoms with Crippen LogP contribution in [0, 0.1) is 0 Å². The number of methoxy groups -OCH3 is 1. The molecular formula is C12H13ClN4O2. The van der Waals surface area contributed by atoms with Gasteiger partial charge in [-0.15, -0.1) is 0 Å². The molecule has 0 spiro atoms. The maximum absolute atomic E-state index is 12.0. The summed E-state index contributed by atoms with van der Waals surface area (Å²) in [5.74, 6) is -0.315. The van der Waals surface area contributed by atoms with Crippen LogP contribution in [-0.2, 0) is 11.3 Å². The molecule has 7 heteroatoms. The van der Waals surface area contributed by atoms with Crippen molar-refractivity contribution in [2.45, 2.75) is 6.54 Å². The standard InChI is InChI=1S/C12H13ClN4O2/c1-19-5-4-17-8-9(6-15-17)16-12(18)10-7-14-3-2-11(10)13/h2-3,6-8H,4-5H2,1H3,(H,16,18). The van der Waals surface area contributed by atoms with Gasteiger partial charge < -0.3 is 10.1 Å². The van der Waals surface area contributed by atoms with E-state index in [1.54, 1.807) is 30.3 Å². The number of nitrogens with one attached hydrogen (secondary N) is 1. The second-order valence-electron chi connectivity index (χ2n) is 3.79. The number of hydrogen-bond donors (Lipinski definition) is 1. The number of rotatable bonds is 5. The van der Waals surface area contributed by atoms with E-state index in [0.717, 1.165) is 0 Å². The van der Waals surface area contributed by atoms with Crippen LogP contribution in [0.1, 0.15) is 10.4 Å². The number of anilines is 1. The second-order valence-corrected chi connectivity index (χ2v) is 4.20. The molecule has 0 aromatic carbocycles. The Morgan fingerprint density at radius 1 is 1.53 bits per heavy atom. The van der Waals surface area contributed by atoms with E-state index in [0.29, 0.717) is 29.4 Å². The molecule has 2 aromatic rings. The fraction of sp³-hybridized carbons (Fsp3) is 0.250. The normalized spacial score (nSPS) is 10.4. The first-order valence-corrected chi connectivity index (χ1v) is 6.01. The SMILES string of the molecule is COCCn1cc(NC(=O)c2cnccc2Cl)cn1. The third kappa shape index (κ3) is 3.52. The molecule has 0 radical (unpaired) electrons. The van der Waals surface area contributed by atoms with Crippen molar-refractivity contribution >= 4 is 23.2 Å². The van der Waals surface area contributed by atoms with Crippen LogP contribution in [0.3, 0.4) is 0 Å². The van der Waals surface area contributed by atoms with Gasteiger partial charge in [0.2, 0.25) is 0 Å². The van der Waals surface area contributed by atoms with Crippen molar-refractivity contribution in [1.29, 1.82) is 0 Å². The van der Waals surface area contributed by atoms with Gasteiger partial charge in [-0.25, -0.2) is 0 Å². The van der Waals surface area contributed by atoms with Gasteiger partial charge in [0.05, 0.1) is 35.6 Å². The lowest BCUT2D eigenvalue weighted by molar-refractivity contribution is 0.102. The Morgan fingerprint density at radius 3 is 3.11 bits per heavy atom. The van der Waals surface area contributed by atoms with Crippen molar-refractivity contribution < 1.29 is 9.53 Å². The van der Waals surface area contributed by atoms with Gasteiger partial charge in [-0.3, -0.25) is 14.5 Å². The quantitative estimate of drug-likeness (QED) is 0.907. The van der Waals surface area contributed by atoms with E-state index in [-0.39, 0.29) is 5.91 Å². The molecule has 2 aromatic heterocycles. The Labute approximate surface area is 115 Å². The molecule has 0 saturated carbocycles. The highest BCUT2D eigenvalue weighted by atomic mass is 35.5. The van der Waals surface area contributed by atoms with Crippen LogP contribution in [0.2, 0.25) is 5.02 Å². The van der Waals surface area contributed by atoms with Gasteiger partial charge in [0.25, 0.3) is 5.91 Å². The number of amides is 1. The number of nitrogens with zero attached hydrogens (tertiary/aromatic N) is 3. The van der Waals surface area contributed by atoms with Crippen molar-refractivity contribution in [3.05, 3.63) is 41.4 Å². The lowest BCUT2D eigenvalue weighted by atomic mass is 10.2. The lowest BCUT2D eigenvalue weighted by Gasteiger charge is -2.03. The summed E-state index contributed by atoms with van der Waals surface area (Å²) in [5.41, 5.74) is 0.926. The van der Waals surface area contributed by atoms with Crippen molar-refractivity contribution in [2.24, 2.45) is 0 Å². The highest BCUT2D eigenvalue weighted by Gasteiger charge is 2.11. The van der Waals surface area contributed by atoms with Crippen molar-refractivity contribution in [2.75, 3.05) is 19.0 Å². The molecule has 0 bridgehead atoms. The van der Waals surface area contributed by atoms with Gasteiger partial charge >= 0.3 is 0 Å². The average molecular weight is 281 g/mol. The molecule has 0 aliphatic heterocycles. The predicted octanol–water partition coefficient (Wildman–Crippen LogP) is 1.83. The monoisotopic (exact) mass is 280 g/mol. The lowest BCUT2D eigenvalue weighted by Crippen LogP contribution is -2.12. The Bertz CT molecular complexity index is 570. The van der Waals surface area contributed by atoms with Gasteiger partial charge in [-0.05, 0) is 6.07 Å². The minimum Gasteiger partial charge on any atom is -0.383 e. The van der Waals surface area contributed by atoms with Crippen molar-refractivity contribution in [3.8, 4) is 0 Å². The molecule has 6 nitrogen and oxygen atoms in total. The van der Waals surface area contributed by atoms with Gasteiger partial charge in [-0.1, -0.05) is 11.6 Å². The fourth-order valence-corrected chi connectivity index (χ4v) is 1.67. The van der Waals surface area contributed by atoms with Crippen LogP contribution in [0.5, 0.6) is 0 Å². The predicted molar refractivity (Wildman–Crippen MR) is 71.3 cm³/mol. The van der Waals surface area contributed by atoms with Gasteiger partial charge in [0, 0.05) is 25.7 Å². The van der Waals surface area contributed by atoms with Crippen molar-refractivity contribution in [3.63, 3.8) is 0 Å². The number of hydrogen-bond acceptors (Lipinski definition) is 4. The zero-order valence-corrected chi connectivity index (χ0v) is 11.1. The highest BCUT2D eigenvalue weighted by molar-refractivity contribution is 6.34. The number of aromatic nitrogens is 3. The van der Waals surface area contributed by atoms with E-state index < -0.39 is 0 Å². The number of carbonyl (C=O) groups is 1. The summed E-state index contributed by atoms with van der Waals surface area (Å²) in [4.78, 5) is 15.8. The minimum atomic E-state index is -0.315. The van der Waals surface area contributed by atoms with E-state index in [1.165, 1.54) is 12.4 Å². The number of ether oxygens (including phenoxy) is 1. The van der Waals surface area contributed by atoms with Gasteiger partial charge in [-0.2, -0.15) is 5.10 Å². The maximum atomic E-state index is 12.0. The first kappa shape index (κ1) is 13.5. The molecule has 1 amide bonds. The number of halogens is 1. The third-order valence-corrected chi connectivity index (χ3v) is 2.76. The fourth-order valence-electron chi connectivity index (χ4n) is 1.48. The molecule has 1 N–H and O–H groups in total. The van der Waals surface area contributed by atoms with Gasteiger partial charge in [0.15, 0.2) is 0 Å². The Balaban J connectivity index is 2.03. The zero-order valence-electron chi connectivity index (χ0n) is 10.3. The third-order valence-electron chi connectivity index (χ3n) is 2.43. The van der Waals surface area contributed by atoms with Crippen LogP contribution in [0.25, 0.3) is 0 Å². The van der Waals surface area contributed by atoms with Crippen LogP contribution >= 0.6 is 11.6 Å². The molecule has 0 atom stereocenters. The Kier molecular flexibility index (Phi) is 4.48. The summed E-state index contributed by atoms with van der Waals surface area (Å²) >= 11 is 5.92. The molecule has 0 aliphatic carbocycles. The molecule has 2 heterocycles. The van der Waals surface area contributed by atoms with E-state index in [9.17, 15) is 4.79 Å². The molecule has 0 saturated heterocycles. The molecular weight excluding hydrogens is 268 g/mol. The zero-order chi connectivity index (χ0) is 13.7. The van der Waals surface area contributed by atoms with Gasteiger partial charge in [0.1, 0.15) is 0 Å². The Morgan fingerprint density at radius 2 is 2.37 bits per heavy atom. The summed E-state index contributed by atoms with van der Waals surface area (Å²) in [7, 11) is 1.62. The molecule has 19 heavy (non-hydrogen) atoms. The van der Waals surface area contributed by atoms with E-state index in [2.05, 4.69) is 15.4 Å². The van der Waals surface area contributed by atoms with E-state index >= 15 is 0 Å².